The maximum absolute atomic E-state index is 13.4. The van der Waals surface area contributed by atoms with Crippen LogP contribution in [0.1, 0.15) is 5.56 Å². The Kier molecular flexibility index (Phi) is 3.33. The minimum atomic E-state index is -0.550. The number of nitro benzene ring substituents is 1. The van der Waals surface area contributed by atoms with Gasteiger partial charge in [-0.1, -0.05) is 6.07 Å². The van der Waals surface area contributed by atoms with Gasteiger partial charge in [-0.15, -0.1) is 0 Å². The van der Waals surface area contributed by atoms with E-state index < -0.39 is 10.7 Å². The number of hydrogen-bond acceptors (Lipinski definition) is 4. The largest absolute Gasteiger partial charge is 0.455 e. The van der Waals surface area contributed by atoms with E-state index in [9.17, 15) is 14.5 Å². The molecule has 2 aromatic rings. The van der Waals surface area contributed by atoms with Gasteiger partial charge in [-0.25, -0.2) is 4.39 Å². The lowest BCUT2D eigenvalue weighted by molar-refractivity contribution is -0.384. The van der Waals surface area contributed by atoms with Crippen LogP contribution in [0.3, 0.4) is 0 Å². The summed E-state index contributed by atoms with van der Waals surface area (Å²) in [5, 5.41) is 10.6. The van der Waals surface area contributed by atoms with Crippen LogP contribution < -0.4 is 10.5 Å². The van der Waals surface area contributed by atoms with Crippen LogP contribution in [0.25, 0.3) is 0 Å². The summed E-state index contributed by atoms with van der Waals surface area (Å²) >= 11 is 0. The summed E-state index contributed by atoms with van der Waals surface area (Å²) in [6.07, 6.45) is 0. The highest BCUT2D eigenvalue weighted by Gasteiger charge is 2.10. The number of nitro groups is 1. The molecule has 0 spiro atoms. The highest BCUT2D eigenvalue weighted by Crippen LogP contribution is 2.31. The molecule has 0 aliphatic heterocycles. The molecule has 0 unspecified atom stereocenters. The Labute approximate surface area is 108 Å². The van der Waals surface area contributed by atoms with Crippen LogP contribution in [0.4, 0.5) is 15.8 Å². The van der Waals surface area contributed by atoms with Crippen LogP contribution in [0.2, 0.25) is 0 Å². The molecule has 0 fully saturated rings. The van der Waals surface area contributed by atoms with Crippen molar-refractivity contribution in [2.24, 2.45) is 0 Å². The Morgan fingerprint density at radius 2 is 2.00 bits per heavy atom. The third-order valence-electron chi connectivity index (χ3n) is 2.58. The smallest absolute Gasteiger partial charge is 0.271 e. The molecule has 6 heteroatoms. The number of nitrogens with two attached hydrogens (primary N) is 1. The average molecular weight is 262 g/mol. The summed E-state index contributed by atoms with van der Waals surface area (Å²) in [7, 11) is 0. The predicted molar refractivity (Wildman–Crippen MR) is 68.7 cm³/mol. The lowest BCUT2D eigenvalue weighted by atomic mass is 10.2. The number of halogens is 1. The molecule has 0 amide bonds. The lowest BCUT2D eigenvalue weighted by Gasteiger charge is -2.08. The maximum Gasteiger partial charge on any atom is 0.271 e. The van der Waals surface area contributed by atoms with Crippen molar-refractivity contribution in [3.63, 3.8) is 0 Å². The number of aryl methyl sites for hydroxylation is 1. The molecule has 98 valence electrons. The molecule has 0 saturated heterocycles. The third-order valence-corrected chi connectivity index (χ3v) is 2.58. The molecule has 5 nitrogen and oxygen atoms in total. The summed E-state index contributed by atoms with van der Waals surface area (Å²) in [5.41, 5.74) is 6.15. The number of anilines is 1. The first kappa shape index (κ1) is 12.8. The van der Waals surface area contributed by atoms with E-state index in [-0.39, 0.29) is 22.9 Å². The van der Waals surface area contributed by atoms with Crippen LogP contribution in [0, 0.1) is 22.9 Å². The molecule has 0 radical (unpaired) electrons. The highest BCUT2D eigenvalue weighted by atomic mass is 19.1. The summed E-state index contributed by atoms with van der Waals surface area (Å²) in [4.78, 5) is 10.0. The van der Waals surface area contributed by atoms with Gasteiger partial charge in [-0.05, 0) is 24.6 Å². The zero-order chi connectivity index (χ0) is 14.0. The second-order valence-electron chi connectivity index (χ2n) is 3.99. The first-order valence-electron chi connectivity index (χ1n) is 5.45. The van der Waals surface area contributed by atoms with Gasteiger partial charge in [-0.2, -0.15) is 0 Å². The van der Waals surface area contributed by atoms with Crippen molar-refractivity contribution < 1.29 is 14.1 Å². The molecular formula is C13H11FN2O3. The molecule has 2 aromatic carbocycles. The first-order valence-corrected chi connectivity index (χ1v) is 5.45. The quantitative estimate of drug-likeness (QED) is 0.522. The molecule has 0 saturated carbocycles. The number of nitrogens with zero attached hydrogens (tertiary/aromatic N) is 1. The van der Waals surface area contributed by atoms with Crippen LogP contribution in [-0.4, -0.2) is 4.92 Å². The number of benzene rings is 2. The van der Waals surface area contributed by atoms with Crippen molar-refractivity contribution in [1.82, 2.24) is 0 Å². The van der Waals surface area contributed by atoms with E-state index in [1.165, 1.54) is 24.3 Å². The molecule has 19 heavy (non-hydrogen) atoms. The van der Waals surface area contributed by atoms with Crippen molar-refractivity contribution in [2.45, 2.75) is 6.92 Å². The molecule has 0 aliphatic carbocycles. The molecular weight excluding hydrogens is 251 g/mol. The van der Waals surface area contributed by atoms with Gasteiger partial charge in [0.1, 0.15) is 11.6 Å². The van der Waals surface area contributed by atoms with E-state index in [2.05, 4.69) is 0 Å². The van der Waals surface area contributed by atoms with Crippen LogP contribution in [-0.2, 0) is 0 Å². The molecule has 0 heterocycles. The van der Waals surface area contributed by atoms with Gasteiger partial charge < -0.3 is 10.5 Å². The van der Waals surface area contributed by atoms with E-state index in [0.29, 0.717) is 5.56 Å². The highest BCUT2D eigenvalue weighted by molar-refractivity contribution is 5.59. The Hall–Kier alpha value is -2.63. The topological polar surface area (TPSA) is 78.4 Å². The standard InChI is InChI=1S/C13H11FN2O3/c1-8-2-4-10(7-11(8)14)19-13-5-3-9(16(17)18)6-12(13)15/h2-7H,15H2,1H3. The minimum Gasteiger partial charge on any atom is -0.455 e. The Balaban J connectivity index is 2.28. The van der Waals surface area contributed by atoms with Gasteiger partial charge in [0, 0.05) is 18.2 Å². The minimum absolute atomic E-state index is 0.121. The molecule has 2 rings (SSSR count). The molecule has 0 bridgehead atoms. The lowest BCUT2D eigenvalue weighted by Crippen LogP contribution is -1.95. The van der Waals surface area contributed by atoms with Crippen molar-refractivity contribution in [3.8, 4) is 11.5 Å². The van der Waals surface area contributed by atoms with Gasteiger partial charge in [0.25, 0.3) is 5.69 Å². The summed E-state index contributed by atoms with van der Waals surface area (Å²) in [6, 6.07) is 8.25. The number of ether oxygens (including phenoxy) is 1. The monoisotopic (exact) mass is 262 g/mol. The average Bonchev–Trinajstić information content (AvgIpc) is 2.36. The number of hydrogen-bond donors (Lipinski definition) is 1. The van der Waals surface area contributed by atoms with E-state index >= 15 is 0 Å². The van der Waals surface area contributed by atoms with E-state index in [4.69, 9.17) is 10.5 Å². The van der Waals surface area contributed by atoms with Gasteiger partial charge in [0.05, 0.1) is 10.6 Å². The number of non-ortho nitro benzene ring substituents is 1. The first-order chi connectivity index (χ1) is 8.97. The summed E-state index contributed by atoms with van der Waals surface area (Å²) < 4.78 is 18.7. The van der Waals surface area contributed by atoms with Crippen LogP contribution >= 0.6 is 0 Å². The Morgan fingerprint density at radius 3 is 2.58 bits per heavy atom. The fourth-order valence-electron chi connectivity index (χ4n) is 1.51. The third kappa shape index (κ3) is 2.79. The normalized spacial score (nSPS) is 10.2. The molecule has 0 aliphatic rings. The van der Waals surface area contributed by atoms with Gasteiger partial charge in [0.15, 0.2) is 5.75 Å². The van der Waals surface area contributed by atoms with Crippen LogP contribution in [0.5, 0.6) is 11.5 Å². The zero-order valence-electron chi connectivity index (χ0n) is 10.1. The number of nitrogen functional groups attached to an aromatic ring is 1. The SMILES string of the molecule is Cc1ccc(Oc2ccc([N+](=O)[O-])cc2N)cc1F. The molecule has 0 atom stereocenters. The van der Waals surface area contributed by atoms with E-state index in [1.807, 2.05) is 0 Å². The molecule has 0 aromatic heterocycles. The second kappa shape index (κ2) is 4.93. The van der Waals surface area contributed by atoms with E-state index in [0.717, 1.165) is 0 Å². The fourth-order valence-corrected chi connectivity index (χ4v) is 1.51. The van der Waals surface area contributed by atoms with Gasteiger partial charge in [-0.3, -0.25) is 10.1 Å². The fraction of sp³-hybridized carbons (Fsp3) is 0.0769. The Bertz CT molecular complexity index is 644. The van der Waals surface area contributed by atoms with Crippen LogP contribution in [0.15, 0.2) is 36.4 Å². The van der Waals surface area contributed by atoms with Crippen molar-refractivity contribution in [2.75, 3.05) is 5.73 Å². The zero-order valence-corrected chi connectivity index (χ0v) is 10.1. The number of rotatable bonds is 3. The van der Waals surface area contributed by atoms with Crippen molar-refractivity contribution in [3.05, 3.63) is 57.9 Å². The van der Waals surface area contributed by atoms with Crippen molar-refractivity contribution in [1.29, 1.82) is 0 Å². The summed E-state index contributed by atoms with van der Waals surface area (Å²) in [6.45, 7) is 1.64. The van der Waals surface area contributed by atoms with Gasteiger partial charge >= 0.3 is 0 Å². The maximum atomic E-state index is 13.4. The Morgan fingerprint density at radius 1 is 1.26 bits per heavy atom. The van der Waals surface area contributed by atoms with E-state index in [1.54, 1.807) is 19.1 Å². The molecule has 2 N–H and O–H groups in total. The van der Waals surface area contributed by atoms with Gasteiger partial charge in [0.2, 0.25) is 0 Å². The predicted octanol–water partition coefficient (Wildman–Crippen LogP) is 3.42. The second-order valence-corrected chi connectivity index (χ2v) is 3.99. The van der Waals surface area contributed by atoms with Crippen molar-refractivity contribution >= 4 is 11.4 Å². The summed E-state index contributed by atoms with van der Waals surface area (Å²) in [5.74, 6) is 0.135.